The van der Waals surface area contributed by atoms with Gasteiger partial charge in [0.25, 0.3) is 6.43 Å². The van der Waals surface area contributed by atoms with Crippen LogP contribution in [0.3, 0.4) is 0 Å². The van der Waals surface area contributed by atoms with E-state index >= 15 is 0 Å². The van der Waals surface area contributed by atoms with E-state index in [-0.39, 0.29) is 30.1 Å². The topological polar surface area (TPSA) is 91.2 Å². The average Bonchev–Trinajstić information content (AvgIpc) is 2.28. The molecule has 0 aromatic carbocycles. The quantitative estimate of drug-likeness (QED) is 0.778. The molecule has 5 nitrogen and oxygen atoms in total. The second-order valence-electron chi connectivity index (χ2n) is 3.17. The third kappa shape index (κ3) is 2.68. The van der Waals surface area contributed by atoms with Gasteiger partial charge in [-0.25, -0.2) is 18.6 Å². The Hall–Kier alpha value is -1.76. The molecule has 0 saturated heterocycles. The molecule has 4 N–H and O–H groups in total. The Bertz CT molecular complexity index is 424. The minimum atomic E-state index is -2.86. The molecule has 0 bridgehead atoms. The van der Waals surface area contributed by atoms with E-state index in [9.17, 15) is 13.6 Å². The Morgan fingerprint density at radius 2 is 2.24 bits per heavy atom. The minimum absolute atomic E-state index is 0.0226. The maximum absolute atomic E-state index is 12.9. The predicted molar refractivity (Wildman–Crippen MR) is 57.5 cm³/mol. The number of nitrogen functional groups attached to an aromatic ring is 1. The van der Waals surface area contributed by atoms with E-state index in [0.29, 0.717) is 0 Å². The van der Waals surface area contributed by atoms with Crippen LogP contribution in [0.15, 0.2) is 6.20 Å². The summed E-state index contributed by atoms with van der Waals surface area (Å²) in [6.07, 6.45) is -1.88. The van der Waals surface area contributed by atoms with E-state index in [1.807, 2.05) is 0 Å². The highest BCUT2D eigenvalue weighted by Gasteiger charge is 2.24. The van der Waals surface area contributed by atoms with Crippen LogP contribution >= 0.6 is 0 Å². The number of hydrogen-bond acceptors (Lipinski definition) is 5. The van der Waals surface area contributed by atoms with Crippen molar-refractivity contribution in [3.8, 4) is 0 Å². The second-order valence-corrected chi connectivity index (χ2v) is 3.17. The molecule has 0 unspecified atom stereocenters. The van der Waals surface area contributed by atoms with Gasteiger partial charge in [-0.05, 0) is 6.92 Å². The highest BCUT2D eigenvalue weighted by Crippen LogP contribution is 2.29. The van der Waals surface area contributed by atoms with E-state index in [1.54, 1.807) is 6.92 Å². The summed E-state index contributed by atoms with van der Waals surface area (Å²) in [5.41, 5.74) is 9.94. The molecule has 7 heteroatoms. The van der Waals surface area contributed by atoms with Gasteiger partial charge in [0.05, 0.1) is 12.2 Å². The molecule has 0 spiro atoms. The standard InChI is InChI=1S/C10H13F2N3O2/c1-2-17-10(16)6-4-15-9(14)5(3-13)7(6)8(11)12/h4,8H,2-3,13H2,1H3,(H2,14,15). The van der Waals surface area contributed by atoms with E-state index in [4.69, 9.17) is 11.5 Å². The zero-order valence-electron chi connectivity index (χ0n) is 9.24. The third-order valence-electron chi connectivity index (χ3n) is 2.17. The number of alkyl halides is 2. The number of pyridine rings is 1. The summed E-state index contributed by atoms with van der Waals surface area (Å²) in [4.78, 5) is 15.1. The number of esters is 1. The molecule has 0 saturated carbocycles. The van der Waals surface area contributed by atoms with Crippen LogP contribution in [0, 0.1) is 0 Å². The van der Waals surface area contributed by atoms with Crippen LogP contribution in [0.1, 0.15) is 34.8 Å². The SMILES string of the molecule is CCOC(=O)c1cnc(N)c(CN)c1C(F)F. The summed E-state index contributed by atoms with van der Waals surface area (Å²) in [7, 11) is 0. The fraction of sp³-hybridized carbons (Fsp3) is 0.400. The Labute approximate surface area is 96.8 Å². The summed E-state index contributed by atoms with van der Waals surface area (Å²) in [5, 5.41) is 0. The van der Waals surface area contributed by atoms with Crippen molar-refractivity contribution in [1.82, 2.24) is 4.98 Å². The number of nitrogens with two attached hydrogens (primary N) is 2. The molecule has 0 atom stereocenters. The van der Waals surface area contributed by atoms with Gasteiger partial charge in [-0.3, -0.25) is 0 Å². The van der Waals surface area contributed by atoms with Gasteiger partial charge in [0.1, 0.15) is 5.82 Å². The van der Waals surface area contributed by atoms with Crippen LogP contribution in [0.5, 0.6) is 0 Å². The first-order chi connectivity index (χ1) is 8.02. The van der Waals surface area contributed by atoms with Gasteiger partial charge >= 0.3 is 5.97 Å². The first-order valence-electron chi connectivity index (χ1n) is 4.95. The largest absolute Gasteiger partial charge is 0.462 e. The number of carbonyl (C=O) groups excluding carboxylic acids is 1. The molecule has 94 valence electrons. The first kappa shape index (κ1) is 13.3. The lowest BCUT2D eigenvalue weighted by molar-refractivity contribution is 0.0514. The van der Waals surface area contributed by atoms with Gasteiger partial charge in [-0.15, -0.1) is 0 Å². The van der Waals surface area contributed by atoms with E-state index < -0.39 is 18.0 Å². The molecule has 1 aromatic rings. The molecule has 1 heterocycles. The normalized spacial score (nSPS) is 10.6. The predicted octanol–water partition coefficient (Wildman–Crippen LogP) is 1.24. The highest BCUT2D eigenvalue weighted by atomic mass is 19.3. The average molecular weight is 245 g/mol. The van der Waals surface area contributed by atoms with Crippen molar-refractivity contribution in [2.45, 2.75) is 19.9 Å². The zero-order valence-corrected chi connectivity index (χ0v) is 9.24. The molecule has 17 heavy (non-hydrogen) atoms. The van der Waals surface area contributed by atoms with Gasteiger partial charge in [0.15, 0.2) is 0 Å². The number of rotatable bonds is 4. The van der Waals surface area contributed by atoms with E-state index in [0.717, 1.165) is 6.20 Å². The Kier molecular flexibility index (Phi) is 4.33. The van der Waals surface area contributed by atoms with Crippen molar-refractivity contribution < 1.29 is 18.3 Å². The highest BCUT2D eigenvalue weighted by molar-refractivity contribution is 5.91. The van der Waals surface area contributed by atoms with Crippen molar-refractivity contribution in [1.29, 1.82) is 0 Å². The van der Waals surface area contributed by atoms with Crippen molar-refractivity contribution in [2.75, 3.05) is 12.3 Å². The Morgan fingerprint density at radius 3 is 2.71 bits per heavy atom. The van der Waals surface area contributed by atoms with Gasteiger partial charge < -0.3 is 16.2 Å². The van der Waals surface area contributed by atoms with Crippen LogP contribution in [0.2, 0.25) is 0 Å². The number of nitrogens with zero attached hydrogens (tertiary/aromatic N) is 1. The van der Waals surface area contributed by atoms with Gasteiger partial charge in [0.2, 0.25) is 0 Å². The van der Waals surface area contributed by atoms with Gasteiger partial charge in [0, 0.05) is 23.9 Å². The smallest absolute Gasteiger partial charge is 0.340 e. The molecule has 0 amide bonds. The first-order valence-corrected chi connectivity index (χ1v) is 4.95. The van der Waals surface area contributed by atoms with Crippen LogP contribution in [0.25, 0.3) is 0 Å². The molecule has 0 aliphatic carbocycles. The Balaban J connectivity index is 3.35. The molecule has 0 aliphatic rings. The fourth-order valence-electron chi connectivity index (χ4n) is 1.42. The summed E-state index contributed by atoms with van der Waals surface area (Å²) < 4.78 is 30.5. The Morgan fingerprint density at radius 1 is 1.59 bits per heavy atom. The fourth-order valence-corrected chi connectivity index (χ4v) is 1.42. The second kappa shape index (κ2) is 5.53. The number of aromatic nitrogens is 1. The molecular formula is C10H13F2N3O2. The third-order valence-corrected chi connectivity index (χ3v) is 2.17. The van der Waals surface area contributed by atoms with Crippen molar-refractivity contribution in [3.05, 3.63) is 22.9 Å². The number of hydrogen-bond donors (Lipinski definition) is 2. The van der Waals surface area contributed by atoms with E-state index in [2.05, 4.69) is 9.72 Å². The minimum Gasteiger partial charge on any atom is -0.462 e. The van der Waals surface area contributed by atoms with Gasteiger partial charge in [-0.1, -0.05) is 0 Å². The van der Waals surface area contributed by atoms with Crippen LogP contribution in [-0.4, -0.2) is 17.6 Å². The lowest BCUT2D eigenvalue weighted by Gasteiger charge is -2.13. The molecular weight excluding hydrogens is 232 g/mol. The van der Waals surface area contributed by atoms with Crippen LogP contribution < -0.4 is 11.5 Å². The zero-order chi connectivity index (χ0) is 13.0. The molecule has 0 aliphatic heterocycles. The molecule has 1 rings (SSSR count). The summed E-state index contributed by atoms with van der Waals surface area (Å²) in [6, 6.07) is 0. The number of halogens is 2. The summed E-state index contributed by atoms with van der Waals surface area (Å²) >= 11 is 0. The monoisotopic (exact) mass is 245 g/mol. The van der Waals surface area contributed by atoms with Crippen LogP contribution in [-0.2, 0) is 11.3 Å². The van der Waals surface area contributed by atoms with Gasteiger partial charge in [-0.2, -0.15) is 0 Å². The van der Waals surface area contributed by atoms with Crippen molar-refractivity contribution >= 4 is 11.8 Å². The van der Waals surface area contributed by atoms with Crippen molar-refractivity contribution in [2.24, 2.45) is 5.73 Å². The lowest BCUT2D eigenvalue weighted by atomic mass is 10.0. The van der Waals surface area contributed by atoms with E-state index in [1.165, 1.54) is 0 Å². The maximum atomic E-state index is 12.9. The lowest BCUT2D eigenvalue weighted by Crippen LogP contribution is -2.15. The number of anilines is 1. The molecule has 0 fully saturated rings. The summed E-state index contributed by atoms with van der Waals surface area (Å²) in [5.74, 6) is -0.958. The van der Waals surface area contributed by atoms with Crippen molar-refractivity contribution in [3.63, 3.8) is 0 Å². The number of carbonyl (C=O) groups is 1. The summed E-state index contributed by atoms with van der Waals surface area (Å²) in [6.45, 7) is 1.45. The maximum Gasteiger partial charge on any atom is 0.340 e. The molecule has 0 radical (unpaired) electrons. The number of ether oxygens (including phenoxy) is 1. The molecule has 1 aromatic heterocycles. The van der Waals surface area contributed by atoms with Crippen LogP contribution in [0.4, 0.5) is 14.6 Å².